The number of carbonyl (C=O) groups excluding carboxylic acids is 1. The molecule has 0 unspecified atom stereocenters. The average molecular weight is 349 g/mol. The monoisotopic (exact) mass is 349 g/mol. The van der Waals surface area contributed by atoms with Gasteiger partial charge in [-0.15, -0.1) is 0 Å². The molecule has 132 valence electrons. The van der Waals surface area contributed by atoms with Crippen LogP contribution >= 0.6 is 0 Å². The molecule has 26 heavy (non-hydrogen) atoms. The first-order valence-electron chi connectivity index (χ1n) is 9.00. The van der Waals surface area contributed by atoms with Crippen molar-refractivity contribution in [2.45, 2.75) is 39.2 Å². The molecule has 5 rings (SSSR count). The second-order valence-electron chi connectivity index (χ2n) is 6.84. The van der Waals surface area contributed by atoms with E-state index in [-0.39, 0.29) is 11.9 Å². The molecule has 1 amide bonds. The zero-order valence-corrected chi connectivity index (χ0v) is 14.8. The van der Waals surface area contributed by atoms with E-state index in [0.29, 0.717) is 23.8 Å². The minimum Gasteiger partial charge on any atom is -0.332 e. The maximum absolute atomic E-state index is 13.2. The number of amides is 1. The van der Waals surface area contributed by atoms with Crippen molar-refractivity contribution in [2.75, 3.05) is 6.54 Å². The lowest BCUT2D eigenvalue weighted by atomic mass is 10.1. The molecule has 1 fully saturated rings. The number of benzene rings is 1. The molecular formula is C19H19N5O2. The highest BCUT2D eigenvalue weighted by atomic mass is 16.5. The van der Waals surface area contributed by atoms with Crippen LogP contribution < -0.4 is 0 Å². The molecule has 2 aromatic heterocycles. The maximum Gasteiger partial charge on any atom is 0.278 e. The topological polar surface area (TPSA) is 77.0 Å². The highest BCUT2D eigenvalue weighted by Crippen LogP contribution is 2.42. The van der Waals surface area contributed by atoms with Crippen LogP contribution in [0.4, 0.5) is 0 Å². The SMILES string of the molecule is CCc1noc(-c2ncn3c2[C@@H]2CCCN2C(=O)c2c(C)cccc2-3)n1. The number of hydrogen-bond donors (Lipinski definition) is 0. The average Bonchev–Trinajstić information content (AvgIpc) is 3.37. The van der Waals surface area contributed by atoms with E-state index < -0.39 is 0 Å². The van der Waals surface area contributed by atoms with Gasteiger partial charge in [0.15, 0.2) is 11.5 Å². The summed E-state index contributed by atoms with van der Waals surface area (Å²) in [5, 5.41) is 4.01. The third kappa shape index (κ3) is 2.00. The molecule has 1 aromatic carbocycles. The van der Waals surface area contributed by atoms with Crippen molar-refractivity contribution in [3.05, 3.63) is 47.2 Å². The lowest BCUT2D eigenvalue weighted by Gasteiger charge is -2.23. The van der Waals surface area contributed by atoms with Gasteiger partial charge in [0.2, 0.25) is 0 Å². The van der Waals surface area contributed by atoms with Crippen molar-refractivity contribution in [3.8, 4) is 17.3 Å². The molecule has 0 spiro atoms. The molecule has 0 N–H and O–H groups in total. The Labute approximate surface area is 150 Å². The zero-order chi connectivity index (χ0) is 17.8. The number of rotatable bonds is 2. The van der Waals surface area contributed by atoms with E-state index in [4.69, 9.17) is 4.52 Å². The van der Waals surface area contributed by atoms with Gasteiger partial charge in [0.05, 0.1) is 23.0 Å². The van der Waals surface area contributed by atoms with Crippen molar-refractivity contribution >= 4 is 5.91 Å². The van der Waals surface area contributed by atoms with Gasteiger partial charge in [0, 0.05) is 13.0 Å². The first-order valence-corrected chi connectivity index (χ1v) is 9.00. The first-order chi connectivity index (χ1) is 12.7. The van der Waals surface area contributed by atoms with Crippen molar-refractivity contribution in [2.24, 2.45) is 0 Å². The number of nitrogens with zero attached hydrogens (tertiary/aromatic N) is 5. The minimum atomic E-state index is -0.0243. The Balaban J connectivity index is 1.78. The number of imidazole rings is 1. The summed E-state index contributed by atoms with van der Waals surface area (Å²) in [6, 6.07) is 5.91. The maximum atomic E-state index is 13.2. The largest absolute Gasteiger partial charge is 0.332 e. The first kappa shape index (κ1) is 15.3. The van der Waals surface area contributed by atoms with E-state index in [1.807, 2.05) is 41.5 Å². The van der Waals surface area contributed by atoms with Gasteiger partial charge >= 0.3 is 0 Å². The minimum absolute atomic E-state index is 0.0243. The smallest absolute Gasteiger partial charge is 0.278 e. The fourth-order valence-corrected chi connectivity index (χ4v) is 4.10. The van der Waals surface area contributed by atoms with Crippen molar-refractivity contribution < 1.29 is 9.32 Å². The van der Waals surface area contributed by atoms with Gasteiger partial charge in [-0.3, -0.25) is 9.36 Å². The highest BCUT2D eigenvalue weighted by molar-refractivity contribution is 6.00. The Kier molecular flexibility index (Phi) is 3.25. The van der Waals surface area contributed by atoms with Crippen molar-refractivity contribution in [1.82, 2.24) is 24.6 Å². The van der Waals surface area contributed by atoms with Gasteiger partial charge in [-0.05, 0) is 31.4 Å². The molecule has 0 saturated carbocycles. The predicted octanol–water partition coefficient (Wildman–Crippen LogP) is 3.08. The van der Waals surface area contributed by atoms with Crippen LogP contribution in [0.2, 0.25) is 0 Å². The molecule has 3 aromatic rings. The van der Waals surface area contributed by atoms with Crippen LogP contribution in [0.3, 0.4) is 0 Å². The molecule has 2 aliphatic heterocycles. The summed E-state index contributed by atoms with van der Waals surface area (Å²) in [6.45, 7) is 4.72. The van der Waals surface area contributed by atoms with Gasteiger partial charge in [0.25, 0.3) is 11.8 Å². The third-order valence-electron chi connectivity index (χ3n) is 5.34. The fourth-order valence-electron chi connectivity index (χ4n) is 4.10. The van der Waals surface area contributed by atoms with E-state index in [2.05, 4.69) is 15.1 Å². The molecule has 0 radical (unpaired) electrons. The Morgan fingerprint density at radius 3 is 3.04 bits per heavy atom. The molecule has 7 heteroatoms. The summed E-state index contributed by atoms with van der Waals surface area (Å²) < 4.78 is 7.48. The number of carbonyl (C=O) groups is 1. The molecule has 7 nitrogen and oxygen atoms in total. The number of aromatic nitrogens is 4. The summed E-state index contributed by atoms with van der Waals surface area (Å²) >= 11 is 0. The van der Waals surface area contributed by atoms with Crippen LogP contribution in [0.1, 0.15) is 53.2 Å². The molecule has 1 saturated heterocycles. The summed E-state index contributed by atoms with van der Waals surface area (Å²) in [5.41, 5.74) is 4.24. The lowest BCUT2D eigenvalue weighted by molar-refractivity contribution is 0.0738. The van der Waals surface area contributed by atoms with Gasteiger partial charge < -0.3 is 9.42 Å². The van der Waals surface area contributed by atoms with Crippen molar-refractivity contribution in [1.29, 1.82) is 0 Å². The van der Waals surface area contributed by atoms with E-state index in [9.17, 15) is 4.79 Å². The molecule has 1 atom stereocenters. The van der Waals surface area contributed by atoms with Crippen LogP contribution in [-0.4, -0.2) is 37.0 Å². The Bertz CT molecular complexity index is 1020. The highest BCUT2D eigenvalue weighted by Gasteiger charge is 2.40. The van der Waals surface area contributed by atoms with Crippen LogP contribution in [-0.2, 0) is 6.42 Å². The Morgan fingerprint density at radius 2 is 2.23 bits per heavy atom. The normalized spacial score (nSPS) is 18.5. The number of hydrogen-bond acceptors (Lipinski definition) is 5. The van der Waals surface area contributed by atoms with Crippen molar-refractivity contribution in [3.63, 3.8) is 0 Å². The van der Waals surface area contributed by atoms with Crippen LogP contribution in [0.15, 0.2) is 29.0 Å². The summed E-state index contributed by atoms with van der Waals surface area (Å²) in [6.07, 6.45) is 4.36. The zero-order valence-electron chi connectivity index (χ0n) is 14.8. The van der Waals surface area contributed by atoms with Crippen LogP contribution in [0.25, 0.3) is 17.3 Å². The predicted molar refractivity (Wildman–Crippen MR) is 94.0 cm³/mol. The second-order valence-corrected chi connectivity index (χ2v) is 6.84. The standard InChI is InChI=1S/C19H19N5O2/c1-3-14-21-18(26-22-14)16-17-13-8-5-9-23(13)19(25)15-11(2)6-4-7-12(15)24(17)10-20-16/h4,6-7,10,13H,3,5,8-9H2,1-2H3/t13-/m0/s1. The molecule has 0 aliphatic carbocycles. The van der Waals surface area contributed by atoms with E-state index in [1.54, 1.807) is 6.33 Å². The summed E-state index contributed by atoms with van der Waals surface area (Å²) in [7, 11) is 0. The molecule has 0 bridgehead atoms. The van der Waals surface area contributed by atoms with Crippen LogP contribution in [0.5, 0.6) is 0 Å². The van der Waals surface area contributed by atoms with E-state index in [0.717, 1.165) is 41.9 Å². The van der Waals surface area contributed by atoms with Gasteiger partial charge in [-0.2, -0.15) is 4.98 Å². The van der Waals surface area contributed by atoms with Crippen LogP contribution in [0, 0.1) is 6.92 Å². The summed E-state index contributed by atoms with van der Waals surface area (Å²) in [5.74, 6) is 1.17. The third-order valence-corrected chi connectivity index (χ3v) is 5.34. The number of aryl methyl sites for hydroxylation is 2. The molecular weight excluding hydrogens is 330 g/mol. The Morgan fingerprint density at radius 1 is 1.35 bits per heavy atom. The van der Waals surface area contributed by atoms with E-state index in [1.165, 1.54) is 0 Å². The Hall–Kier alpha value is -2.96. The quantitative estimate of drug-likeness (QED) is 0.710. The summed E-state index contributed by atoms with van der Waals surface area (Å²) in [4.78, 5) is 24.3. The molecule has 4 heterocycles. The van der Waals surface area contributed by atoms with Gasteiger partial charge in [0.1, 0.15) is 6.33 Å². The lowest BCUT2D eigenvalue weighted by Crippen LogP contribution is -2.30. The van der Waals surface area contributed by atoms with Gasteiger partial charge in [-0.1, -0.05) is 24.2 Å². The second kappa shape index (κ2) is 5.52. The van der Waals surface area contributed by atoms with E-state index >= 15 is 0 Å². The van der Waals surface area contributed by atoms with Gasteiger partial charge in [-0.25, -0.2) is 4.98 Å². The fraction of sp³-hybridized carbons (Fsp3) is 0.368. The number of fused-ring (bicyclic) bond motifs is 5. The molecule has 2 aliphatic rings.